The van der Waals surface area contributed by atoms with Crippen LogP contribution in [0.15, 0.2) is 188 Å². The van der Waals surface area contributed by atoms with Crippen LogP contribution < -0.4 is 9.47 Å². The molecular weight excluding hydrogens is 663 g/mol. The van der Waals surface area contributed by atoms with E-state index in [-0.39, 0.29) is 0 Å². The predicted octanol–water partition coefficient (Wildman–Crippen LogP) is 12.9. The first-order valence-corrected chi connectivity index (χ1v) is 17.9. The Balaban J connectivity index is 0.961. The molecule has 0 aliphatic carbocycles. The van der Waals surface area contributed by atoms with Gasteiger partial charge in [-0.15, -0.1) is 0 Å². The molecule has 1 aliphatic heterocycles. The zero-order valence-corrected chi connectivity index (χ0v) is 29.1. The van der Waals surface area contributed by atoms with Gasteiger partial charge >= 0.3 is 0 Å². The van der Waals surface area contributed by atoms with Gasteiger partial charge in [0.1, 0.15) is 0 Å². The molecular formula is C49H31N3O2. The van der Waals surface area contributed by atoms with Crippen molar-refractivity contribution in [1.82, 2.24) is 15.0 Å². The van der Waals surface area contributed by atoms with E-state index < -0.39 is 0 Å². The van der Waals surface area contributed by atoms with Crippen molar-refractivity contribution in [3.8, 4) is 90.5 Å². The lowest BCUT2D eigenvalue weighted by Gasteiger charge is -2.22. The van der Waals surface area contributed by atoms with Crippen molar-refractivity contribution in [2.45, 2.75) is 0 Å². The molecule has 5 nitrogen and oxygen atoms in total. The fourth-order valence-corrected chi connectivity index (χ4v) is 7.02. The second-order valence-electron chi connectivity index (χ2n) is 13.3. The van der Waals surface area contributed by atoms with E-state index in [4.69, 9.17) is 24.4 Å². The van der Waals surface area contributed by atoms with Crippen LogP contribution in [0.1, 0.15) is 0 Å². The third-order valence-electron chi connectivity index (χ3n) is 9.76. The van der Waals surface area contributed by atoms with Gasteiger partial charge in [0.2, 0.25) is 0 Å². The number of ether oxygens (including phenoxy) is 2. The number of benzene rings is 8. The number of rotatable bonds is 6. The van der Waals surface area contributed by atoms with E-state index in [0.29, 0.717) is 29.0 Å². The Kier molecular flexibility index (Phi) is 7.73. The average Bonchev–Trinajstić information content (AvgIpc) is 3.26. The van der Waals surface area contributed by atoms with Crippen LogP contribution in [0.25, 0.3) is 78.3 Å². The van der Waals surface area contributed by atoms with E-state index in [2.05, 4.69) is 103 Å². The van der Waals surface area contributed by atoms with Gasteiger partial charge < -0.3 is 9.47 Å². The molecule has 0 amide bonds. The van der Waals surface area contributed by atoms with Crippen LogP contribution in [0.4, 0.5) is 0 Å². The van der Waals surface area contributed by atoms with E-state index in [1.807, 2.05) is 84.9 Å². The van der Waals surface area contributed by atoms with Crippen LogP contribution in [0, 0.1) is 0 Å². The largest absolute Gasteiger partial charge is 0.449 e. The first kappa shape index (κ1) is 31.4. The molecule has 5 heteroatoms. The van der Waals surface area contributed by atoms with Crippen LogP contribution in [-0.2, 0) is 0 Å². The molecule has 9 aromatic rings. The van der Waals surface area contributed by atoms with Crippen LogP contribution in [0.3, 0.4) is 0 Å². The highest BCUT2D eigenvalue weighted by molar-refractivity contribution is 5.92. The SMILES string of the molecule is c1ccc(-c2nc(-c3ccccc3)nc(-c3cccc(-c4cccc(-c5cccc(-c6ccc7c(c6)Oc6ccc8ccccc8c6O7)c5)c4)c3)n2)cc1. The third-order valence-corrected chi connectivity index (χ3v) is 9.76. The van der Waals surface area contributed by atoms with Gasteiger partial charge in [0, 0.05) is 22.1 Å². The highest BCUT2D eigenvalue weighted by Crippen LogP contribution is 2.49. The van der Waals surface area contributed by atoms with Crippen molar-refractivity contribution in [3.63, 3.8) is 0 Å². The Bertz CT molecular complexity index is 2780. The normalized spacial score (nSPS) is 11.6. The fourth-order valence-electron chi connectivity index (χ4n) is 7.02. The first-order chi connectivity index (χ1) is 26.7. The second-order valence-corrected chi connectivity index (χ2v) is 13.3. The molecule has 2 heterocycles. The quantitative estimate of drug-likeness (QED) is 0.173. The second kappa shape index (κ2) is 13.3. The first-order valence-electron chi connectivity index (χ1n) is 17.9. The Morgan fingerprint density at radius 3 is 1.31 bits per heavy atom. The van der Waals surface area contributed by atoms with Crippen molar-refractivity contribution in [2.24, 2.45) is 0 Å². The molecule has 8 aromatic carbocycles. The van der Waals surface area contributed by atoms with Crippen molar-refractivity contribution in [2.75, 3.05) is 0 Å². The zero-order chi connectivity index (χ0) is 35.8. The minimum atomic E-state index is 0.629. The topological polar surface area (TPSA) is 57.1 Å². The number of aromatic nitrogens is 3. The van der Waals surface area contributed by atoms with E-state index >= 15 is 0 Å². The molecule has 54 heavy (non-hydrogen) atoms. The van der Waals surface area contributed by atoms with Crippen LogP contribution in [0.5, 0.6) is 23.0 Å². The predicted molar refractivity (Wildman–Crippen MR) is 217 cm³/mol. The maximum atomic E-state index is 6.39. The Morgan fingerprint density at radius 2 is 0.722 bits per heavy atom. The number of hydrogen-bond acceptors (Lipinski definition) is 5. The summed E-state index contributed by atoms with van der Waals surface area (Å²) >= 11 is 0. The lowest BCUT2D eigenvalue weighted by atomic mass is 9.95. The third kappa shape index (κ3) is 5.94. The number of fused-ring (bicyclic) bond motifs is 4. The molecule has 0 radical (unpaired) electrons. The summed E-state index contributed by atoms with van der Waals surface area (Å²) in [7, 11) is 0. The van der Waals surface area contributed by atoms with Gasteiger partial charge in [-0.3, -0.25) is 0 Å². The van der Waals surface area contributed by atoms with Gasteiger partial charge in [0.25, 0.3) is 0 Å². The van der Waals surface area contributed by atoms with E-state index in [1.54, 1.807) is 0 Å². The molecule has 0 unspecified atom stereocenters. The Labute approximate surface area is 312 Å². The van der Waals surface area contributed by atoms with E-state index in [1.165, 1.54) is 0 Å². The molecule has 0 N–H and O–H groups in total. The lowest BCUT2D eigenvalue weighted by molar-refractivity contribution is 0.363. The average molecular weight is 694 g/mol. The van der Waals surface area contributed by atoms with Crippen molar-refractivity contribution < 1.29 is 9.47 Å². The summed E-state index contributed by atoms with van der Waals surface area (Å²) in [6.45, 7) is 0. The molecule has 0 fully saturated rings. The molecule has 0 saturated heterocycles. The minimum absolute atomic E-state index is 0.629. The van der Waals surface area contributed by atoms with Crippen molar-refractivity contribution >= 4 is 10.8 Å². The lowest BCUT2D eigenvalue weighted by Crippen LogP contribution is -2.00. The van der Waals surface area contributed by atoms with Gasteiger partial charge in [-0.1, -0.05) is 152 Å². The van der Waals surface area contributed by atoms with Crippen LogP contribution >= 0.6 is 0 Å². The highest BCUT2D eigenvalue weighted by Gasteiger charge is 2.22. The Morgan fingerprint density at radius 1 is 0.278 bits per heavy atom. The summed E-state index contributed by atoms with van der Waals surface area (Å²) in [6, 6.07) is 64.2. The van der Waals surface area contributed by atoms with Gasteiger partial charge in [0.05, 0.1) is 0 Å². The van der Waals surface area contributed by atoms with Gasteiger partial charge in [-0.25, -0.2) is 15.0 Å². The molecule has 0 saturated carbocycles. The summed E-state index contributed by atoms with van der Waals surface area (Å²) in [5.74, 6) is 4.79. The Hall–Kier alpha value is -7.37. The van der Waals surface area contributed by atoms with E-state index in [0.717, 1.165) is 72.3 Å². The molecule has 1 aliphatic rings. The monoisotopic (exact) mass is 693 g/mol. The van der Waals surface area contributed by atoms with Gasteiger partial charge in [-0.05, 0) is 75.2 Å². The van der Waals surface area contributed by atoms with Crippen molar-refractivity contribution in [1.29, 1.82) is 0 Å². The molecule has 10 rings (SSSR count). The maximum Gasteiger partial charge on any atom is 0.177 e. The van der Waals surface area contributed by atoms with Gasteiger partial charge in [-0.2, -0.15) is 0 Å². The molecule has 0 atom stereocenters. The number of hydrogen-bond donors (Lipinski definition) is 0. The molecule has 1 aromatic heterocycles. The van der Waals surface area contributed by atoms with Crippen molar-refractivity contribution in [3.05, 3.63) is 188 Å². The zero-order valence-electron chi connectivity index (χ0n) is 29.1. The van der Waals surface area contributed by atoms with Gasteiger partial charge in [0.15, 0.2) is 40.5 Å². The summed E-state index contributed by atoms with van der Waals surface area (Å²) in [6.07, 6.45) is 0. The van der Waals surface area contributed by atoms with Crippen LogP contribution in [0.2, 0.25) is 0 Å². The fraction of sp³-hybridized carbons (Fsp3) is 0. The smallest absolute Gasteiger partial charge is 0.177 e. The molecule has 0 spiro atoms. The highest BCUT2D eigenvalue weighted by atomic mass is 16.6. The van der Waals surface area contributed by atoms with E-state index in [9.17, 15) is 0 Å². The summed E-state index contributed by atoms with van der Waals surface area (Å²) in [5.41, 5.74) is 9.37. The van der Waals surface area contributed by atoms with Crippen LogP contribution in [-0.4, -0.2) is 15.0 Å². The minimum Gasteiger partial charge on any atom is -0.449 e. The summed E-state index contributed by atoms with van der Waals surface area (Å²) in [4.78, 5) is 14.8. The molecule has 0 bridgehead atoms. The molecule has 254 valence electrons. The summed E-state index contributed by atoms with van der Waals surface area (Å²) < 4.78 is 12.8. The summed E-state index contributed by atoms with van der Waals surface area (Å²) in [5, 5.41) is 2.15. The standard InChI is InChI=1S/C49H31N3O2/c1-3-13-33(14-4-1)47-50-48(34-15-5-2-6-16-34)52-49(51-47)41-22-11-21-39(30-41)37-19-9-17-35(28-37)36-18-10-20-38(29-36)40-25-26-43-45(31-40)53-44-27-24-32-12-7-8-23-42(32)46(44)54-43/h1-31H. The maximum absolute atomic E-state index is 6.39. The number of nitrogens with zero attached hydrogens (tertiary/aromatic N) is 3.